The minimum absolute atomic E-state index is 0.00165. The molecular formula is C11H16F3N3O3S. The van der Waals surface area contributed by atoms with Crippen LogP contribution < -0.4 is 15.2 Å². The zero-order valence-corrected chi connectivity index (χ0v) is 12.3. The fraction of sp³-hybridized carbons (Fsp3) is 0.545. The molecule has 1 aromatic heterocycles. The maximum Gasteiger partial charge on any atom is 0.422 e. The number of halogens is 3. The van der Waals surface area contributed by atoms with Crippen molar-refractivity contribution >= 4 is 10.0 Å². The summed E-state index contributed by atoms with van der Waals surface area (Å²) in [5.41, 5.74) is 4.92. The summed E-state index contributed by atoms with van der Waals surface area (Å²) in [6, 6.07) is 2.15. The molecule has 0 atom stereocenters. The molecule has 1 aromatic rings. The summed E-state index contributed by atoms with van der Waals surface area (Å²) in [5, 5.41) is 0. The Hall–Kier alpha value is -1.39. The van der Waals surface area contributed by atoms with Gasteiger partial charge in [0.25, 0.3) is 0 Å². The van der Waals surface area contributed by atoms with Crippen LogP contribution in [-0.4, -0.2) is 38.3 Å². The summed E-state index contributed by atoms with van der Waals surface area (Å²) >= 11 is 0. The second-order valence-corrected chi connectivity index (χ2v) is 6.82. The van der Waals surface area contributed by atoms with Gasteiger partial charge in [0.2, 0.25) is 15.9 Å². The molecule has 0 aliphatic rings. The Morgan fingerprint density at radius 3 is 2.38 bits per heavy atom. The van der Waals surface area contributed by atoms with Crippen molar-refractivity contribution in [1.29, 1.82) is 0 Å². The van der Waals surface area contributed by atoms with Crippen molar-refractivity contribution in [2.75, 3.05) is 13.2 Å². The minimum Gasteiger partial charge on any atom is -0.468 e. The lowest BCUT2D eigenvalue weighted by Crippen LogP contribution is -2.45. The first-order valence-electron chi connectivity index (χ1n) is 5.83. The number of aromatic nitrogens is 1. The summed E-state index contributed by atoms with van der Waals surface area (Å²) < 4.78 is 66.3. The third-order valence-electron chi connectivity index (χ3n) is 2.12. The third kappa shape index (κ3) is 6.74. The Kier molecular flexibility index (Phi) is 5.18. The first kappa shape index (κ1) is 17.7. The number of nitrogens with one attached hydrogen (secondary N) is 1. The first-order chi connectivity index (χ1) is 9.39. The molecule has 0 saturated carbocycles. The van der Waals surface area contributed by atoms with E-state index in [4.69, 9.17) is 5.73 Å². The van der Waals surface area contributed by atoms with Gasteiger partial charge in [0.15, 0.2) is 6.61 Å². The van der Waals surface area contributed by atoms with Crippen LogP contribution in [-0.2, 0) is 10.0 Å². The number of pyridine rings is 1. The van der Waals surface area contributed by atoms with Crippen molar-refractivity contribution in [1.82, 2.24) is 9.71 Å². The van der Waals surface area contributed by atoms with Crippen LogP contribution >= 0.6 is 0 Å². The zero-order valence-electron chi connectivity index (χ0n) is 11.4. The quantitative estimate of drug-likeness (QED) is 0.814. The van der Waals surface area contributed by atoms with E-state index in [-0.39, 0.29) is 17.3 Å². The summed E-state index contributed by atoms with van der Waals surface area (Å²) in [7, 11) is -3.82. The van der Waals surface area contributed by atoms with Crippen molar-refractivity contribution in [3.8, 4) is 5.88 Å². The molecule has 1 rings (SSSR count). The van der Waals surface area contributed by atoms with Gasteiger partial charge in [0.05, 0.1) is 6.20 Å². The molecule has 0 amide bonds. The molecule has 0 bridgehead atoms. The van der Waals surface area contributed by atoms with Gasteiger partial charge in [0.1, 0.15) is 4.90 Å². The second kappa shape index (κ2) is 6.16. The second-order valence-electron chi connectivity index (χ2n) is 5.05. The Morgan fingerprint density at radius 2 is 1.95 bits per heavy atom. The van der Waals surface area contributed by atoms with Gasteiger partial charge < -0.3 is 10.5 Å². The highest BCUT2D eigenvalue weighted by Gasteiger charge is 2.28. The van der Waals surface area contributed by atoms with Crippen LogP contribution in [0.25, 0.3) is 0 Å². The lowest BCUT2D eigenvalue weighted by Gasteiger charge is -2.18. The van der Waals surface area contributed by atoms with Crippen LogP contribution in [0, 0.1) is 0 Å². The van der Waals surface area contributed by atoms with Gasteiger partial charge in [0, 0.05) is 18.2 Å². The highest BCUT2D eigenvalue weighted by Crippen LogP contribution is 2.18. The molecule has 0 spiro atoms. The van der Waals surface area contributed by atoms with Crippen LogP contribution in [0.3, 0.4) is 0 Å². The Bertz CT molecular complexity index is 565. The van der Waals surface area contributed by atoms with Gasteiger partial charge >= 0.3 is 6.18 Å². The average Bonchev–Trinajstić information content (AvgIpc) is 2.33. The van der Waals surface area contributed by atoms with E-state index in [0.29, 0.717) is 0 Å². The molecule has 0 aliphatic carbocycles. The Labute approximate surface area is 120 Å². The number of hydrogen-bond donors (Lipinski definition) is 2. The number of alkyl halides is 3. The SMILES string of the molecule is CC(C)(N)CNS(=O)(=O)c1ccc(OCC(F)(F)F)nc1. The largest absolute Gasteiger partial charge is 0.468 e. The normalized spacial score (nSPS) is 13.2. The highest BCUT2D eigenvalue weighted by atomic mass is 32.2. The number of ether oxygens (including phenoxy) is 1. The molecule has 0 fully saturated rings. The molecule has 0 aliphatic heterocycles. The van der Waals surface area contributed by atoms with E-state index in [9.17, 15) is 21.6 Å². The van der Waals surface area contributed by atoms with Crippen molar-refractivity contribution in [3.05, 3.63) is 18.3 Å². The predicted octanol–water partition coefficient (Wildman–Crippen LogP) is 1.04. The van der Waals surface area contributed by atoms with Gasteiger partial charge in [-0.3, -0.25) is 0 Å². The maximum absolute atomic E-state index is 12.0. The van der Waals surface area contributed by atoms with Crippen molar-refractivity contribution in [2.24, 2.45) is 5.73 Å². The van der Waals surface area contributed by atoms with Crippen LogP contribution in [0.2, 0.25) is 0 Å². The van der Waals surface area contributed by atoms with Gasteiger partial charge in [-0.1, -0.05) is 0 Å². The Morgan fingerprint density at radius 1 is 1.33 bits per heavy atom. The smallest absolute Gasteiger partial charge is 0.422 e. The molecule has 6 nitrogen and oxygen atoms in total. The van der Waals surface area contributed by atoms with E-state index in [1.54, 1.807) is 13.8 Å². The number of sulfonamides is 1. The summed E-state index contributed by atoms with van der Waals surface area (Å²) in [6.45, 7) is 1.79. The van der Waals surface area contributed by atoms with E-state index < -0.39 is 28.3 Å². The fourth-order valence-corrected chi connectivity index (χ4v) is 2.30. The van der Waals surface area contributed by atoms with E-state index in [1.165, 1.54) is 0 Å². The number of nitrogens with zero attached hydrogens (tertiary/aromatic N) is 1. The molecule has 3 N–H and O–H groups in total. The summed E-state index contributed by atoms with van der Waals surface area (Å²) in [5.74, 6) is -0.314. The Balaban J connectivity index is 2.73. The third-order valence-corrected chi connectivity index (χ3v) is 3.51. The molecule has 21 heavy (non-hydrogen) atoms. The average molecular weight is 327 g/mol. The van der Waals surface area contributed by atoms with Crippen molar-refractivity contribution < 1.29 is 26.3 Å². The van der Waals surface area contributed by atoms with Gasteiger partial charge in [-0.05, 0) is 19.9 Å². The standard InChI is InChI=1S/C11H16F3N3O3S/c1-10(2,15)6-17-21(18,19)8-3-4-9(16-5-8)20-7-11(12,13)14/h3-5,17H,6-7,15H2,1-2H3. The van der Waals surface area contributed by atoms with Gasteiger partial charge in [-0.15, -0.1) is 0 Å². The van der Waals surface area contributed by atoms with E-state index in [2.05, 4.69) is 14.4 Å². The lowest BCUT2D eigenvalue weighted by molar-refractivity contribution is -0.154. The van der Waals surface area contributed by atoms with E-state index in [1.807, 2.05) is 0 Å². The predicted molar refractivity (Wildman–Crippen MR) is 69.2 cm³/mol. The van der Waals surface area contributed by atoms with E-state index in [0.717, 1.165) is 18.3 Å². The van der Waals surface area contributed by atoms with Gasteiger partial charge in [-0.2, -0.15) is 13.2 Å². The summed E-state index contributed by atoms with van der Waals surface area (Å²) in [6.07, 6.45) is -3.57. The summed E-state index contributed by atoms with van der Waals surface area (Å²) in [4.78, 5) is 3.33. The molecular weight excluding hydrogens is 311 g/mol. The molecule has 10 heteroatoms. The van der Waals surface area contributed by atoms with Crippen LogP contribution in [0.5, 0.6) is 5.88 Å². The first-order valence-corrected chi connectivity index (χ1v) is 7.31. The van der Waals surface area contributed by atoms with E-state index >= 15 is 0 Å². The van der Waals surface area contributed by atoms with Crippen molar-refractivity contribution in [2.45, 2.75) is 30.5 Å². The van der Waals surface area contributed by atoms with Gasteiger partial charge in [-0.25, -0.2) is 18.1 Å². The number of rotatable bonds is 6. The molecule has 1 heterocycles. The zero-order chi connectivity index (χ0) is 16.3. The molecule has 0 unspecified atom stereocenters. The molecule has 0 aromatic carbocycles. The van der Waals surface area contributed by atoms with Crippen molar-refractivity contribution in [3.63, 3.8) is 0 Å². The maximum atomic E-state index is 12.0. The fourth-order valence-electron chi connectivity index (χ4n) is 1.13. The highest BCUT2D eigenvalue weighted by molar-refractivity contribution is 7.89. The molecule has 120 valence electrons. The lowest BCUT2D eigenvalue weighted by atomic mass is 10.1. The van der Waals surface area contributed by atoms with Crippen LogP contribution in [0.15, 0.2) is 23.2 Å². The number of nitrogens with two attached hydrogens (primary N) is 1. The molecule has 0 radical (unpaired) electrons. The monoisotopic (exact) mass is 327 g/mol. The topological polar surface area (TPSA) is 94.3 Å². The minimum atomic E-state index is -4.49. The van der Waals surface area contributed by atoms with Crippen LogP contribution in [0.4, 0.5) is 13.2 Å². The van der Waals surface area contributed by atoms with Crippen LogP contribution in [0.1, 0.15) is 13.8 Å². The molecule has 0 saturated heterocycles. The number of hydrogen-bond acceptors (Lipinski definition) is 5.